The Morgan fingerprint density at radius 2 is 2.10 bits per heavy atom. The first-order chi connectivity index (χ1) is 14.7. The summed E-state index contributed by atoms with van der Waals surface area (Å²) in [6.07, 6.45) is 15.1. The number of hydrogen-bond donors (Lipinski definition) is 2. The highest BCUT2D eigenvalue weighted by molar-refractivity contribution is 5.76. The number of aromatic nitrogens is 5. The second-order valence-electron chi connectivity index (χ2n) is 9.27. The second kappa shape index (κ2) is 8.36. The quantitative estimate of drug-likeness (QED) is 0.634. The maximum absolute atomic E-state index is 12.6. The molecule has 3 aromatic heterocycles. The van der Waals surface area contributed by atoms with Crippen LogP contribution in [0.1, 0.15) is 82.9 Å². The third-order valence-corrected chi connectivity index (χ3v) is 7.39. The maximum Gasteiger partial charge on any atom is 0.220 e. The Morgan fingerprint density at radius 3 is 2.93 bits per heavy atom. The minimum Gasteiger partial charge on any atom is -0.353 e. The molecule has 3 heterocycles. The first-order valence-corrected chi connectivity index (χ1v) is 11.7. The lowest BCUT2D eigenvalue weighted by molar-refractivity contribution is -0.122. The minimum absolute atomic E-state index is 0.226. The van der Waals surface area contributed by atoms with Crippen molar-refractivity contribution in [2.45, 2.75) is 83.1 Å². The zero-order chi connectivity index (χ0) is 20.5. The van der Waals surface area contributed by atoms with E-state index >= 15 is 0 Å². The van der Waals surface area contributed by atoms with E-state index < -0.39 is 0 Å². The lowest BCUT2D eigenvalue weighted by Gasteiger charge is -2.21. The SMILES string of the molecule is CC[C@@H]1C[C@H](NC(=O)CCC2CCCCC2)C[C@@H]1c1nnc2cnc3[nH]ccc3n12. The van der Waals surface area contributed by atoms with E-state index in [1.807, 2.05) is 12.3 Å². The highest BCUT2D eigenvalue weighted by atomic mass is 16.1. The van der Waals surface area contributed by atoms with Gasteiger partial charge in [0.15, 0.2) is 11.3 Å². The number of aromatic amines is 1. The molecule has 2 N–H and O–H groups in total. The van der Waals surface area contributed by atoms with Crippen molar-refractivity contribution >= 4 is 22.7 Å². The number of nitrogens with one attached hydrogen (secondary N) is 2. The van der Waals surface area contributed by atoms with Crippen molar-refractivity contribution in [2.24, 2.45) is 11.8 Å². The molecule has 7 heteroatoms. The number of rotatable bonds is 6. The summed E-state index contributed by atoms with van der Waals surface area (Å²) in [5.74, 6) is 2.79. The fourth-order valence-electron chi connectivity index (χ4n) is 5.76. The van der Waals surface area contributed by atoms with Gasteiger partial charge >= 0.3 is 0 Å². The van der Waals surface area contributed by atoms with Crippen LogP contribution in [0, 0.1) is 11.8 Å². The topological polar surface area (TPSA) is 88.0 Å². The fourth-order valence-corrected chi connectivity index (χ4v) is 5.76. The molecule has 160 valence electrons. The summed E-state index contributed by atoms with van der Waals surface area (Å²) < 4.78 is 2.14. The van der Waals surface area contributed by atoms with Crippen LogP contribution in [0.4, 0.5) is 0 Å². The zero-order valence-electron chi connectivity index (χ0n) is 17.8. The van der Waals surface area contributed by atoms with Crippen molar-refractivity contribution in [1.29, 1.82) is 0 Å². The Hall–Kier alpha value is -2.44. The number of carbonyl (C=O) groups is 1. The standard InChI is InChI=1S/C23H32N6O/c1-2-16-12-17(26-21(30)9-8-15-6-4-3-5-7-15)13-18(16)23-28-27-20-14-25-22-19(29(20)23)10-11-24-22/h10-11,14-18,24H,2-9,12-13H2,1H3,(H,26,30)/t16-,17+,18+/m1/s1. The molecule has 7 nitrogen and oxygen atoms in total. The van der Waals surface area contributed by atoms with Crippen LogP contribution in [0.25, 0.3) is 16.8 Å². The lowest BCUT2D eigenvalue weighted by Crippen LogP contribution is -2.33. The molecule has 0 radical (unpaired) electrons. The third-order valence-electron chi connectivity index (χ3n) is 7.39. The van der Waals surface area contributed by atoms with Gasteiger partial charge < -0.3 is 10.3 Å². The van der Waals surface area contributed by atoms with Gasteiger partial charge in [0.05, 0.1) is 11.7 Å². The molecule has 0 saturated heterocycles. The normalized spacial score (nSPS) is 25.3. The van der Waals surface area contributed by atoms with Gasteiger partial charge in [0, 0.05) is 24.6 Å². The van der Waals surface area contributed by atoms with Gasteiger partial charge in [-0.2, -0.15) is 0 Å². The Labute approximate surface area is 177 Å². The number of hydrogen-bond acceptors (Lipinski definition) is 4. The molecule has 5 rings (SSSR count). The molecule has 2 saturated carbocycles. The molecule has 3 atom stereocenters. The van der Waals surface area contributed by atoms with E-state index in [-0.39, 0.29) is 11.9 Å². The zero-order valence-corrected chi connectivity index (χ0v) is 17.8. The Bertz CT molecular complexity index is 1020. The van der Waals surface area contributed by atoms with E-state index in [0.29, 0.717) is 18.3 Å². The van der Waals surface area contributed by atoms with Crippen molar-refractivity contribution in [1.82, 2.24) is 29.9 Å². The number of H-pyrrole nitrogens is 1. The smallest absolute Gasteiger partial charge is 0.220 e. The summed E-state index contributed by atoms with van der Waals surface area (Å²) in [4.78, 5) is 20.2. The van der Waals surface area contributed by atoms with Crippen LogP contribution in [0.15, 0.2) is 18.5 Å². The van der Waals surface area contributed by atoms with Gasteiger partial charge in [0.2, 0.25) is 5.91 Å². The van der Waals surface area contributed by atoms with Crippen LogP contribution < -0.4 is 5.32 Å². The molecule has 0 unspecified atom stereocenters. The average Bonchev–Trinajstić information content (AvgIpc) is 3.49. The summed E-state index contributed by atoms with van der Waals surface area (Å²) in [5.41, 5.74) is 2.65. The summed E-state index contributed by atoms with van der Waals surface area (Å²) in [6, 6.07) is 2.26. The van der Waals surface area contributed by atoms with Crippen molar-refractivity contribution < 1.29 is 4.79 Å². The molecular weight excluding hydrogens is 376 g/mol. The largest absolute Gasteiger partial charge is 0.353 e. The summed E-state index contributed by atoms with van der Waals surface area (Å²) in [7, 11) is 0. The highest BCUT2D eigenvalue weighted by Gasteiger charge is 2.37. The molecule has 0 bridgehead atoms. The number of fused-ring (bicyclic) bond motifs is 3. The Kier molecular flexibility index (Phi) is 5.44. The lowest BCUT2D eigenvalue weighted by atomic mass is 9.86. The predicted octanol–water partition coefficient (Wildman–Crippen LogP) is 4.35. The van der Waals surface area contributed by atoms with Gasteiger partial charge in [-0.25, -0.2) is 4.98 Å². The molecule has 3 aromatic rings. The van der Waals surface area contributed by atoms with Crippen LogP contribution in [0.2, 0.25) is 0 Å². The fraction of sp³-hybridized carbons (Fsp3) is 0.652. The monoisotopic (exact) mass is 408 g/mol. The molecule has 1 amide bonds. The van der Waals surface area contributed by atoms with Crippen molar-refractivity contribution in [2.75, 3.05) is 0 Å². The van der Waals surface area contributed by atoms with Gasteiger partial charge in [-0.1, -0.05) is 45.4 Å². The van der Waals surface area contributed by atoms with E-state index in [2.05, 4.69) is 36.8 Å². The second-order valence-corrected chi connectivity index (χ2v) is 9.27. The summed E-state index contributed by atoms with van der Waals surface area (Å²) in [6.45, 7) is 2.24. The first kappa shape index (κ1) is 19.5. The molecule has 2 fully saturated rings. The molecule has 0 aliphatic heterocycles. The van der Waals surface area contributed by atoms with Gasteiger partial charge in [0.1, 0.15) is 5.82 Å². The van der Waals surface area contributed by atoms with Gasteiger partial charge in [0.25, 0.3) is 0 Å². The van der Waals surface area contributed by atoms with Crippen LogP contribution in [0.3, 0.4) is 0 Å². The number of nitrogens with zero attached hydrogens (tertiary/aromatic N) is 4. The molecule has 30 heavy (non-hydrogen) atoms. The number of amides is 1. The first-order valence-electron chi connectivity index (χ1n) is 11.7. The number of carbonyl (C=O) groups excluding carboxylic acids is 1. The van der Waals surface area contributed by atoms with Crippen LogP contribution in [-0.2, 0) is 4.79 Å². The highest BCUT2D eigenvalue weighted by Crippen LogP contribution is 2.41. The van der Waals surface area contributed by atoms with E-state index in [1.54, 1.807) is 6.20 Å². The van der Waals surface area contributed by atoms with Gasteiger partial charge in [-0.3, -0.25) is 9.20 Å². The van der Waals surface area contributed by atoms with Crippen molar-refractivity contribution in [3.8, 4) is 0 Å². The van der Waals surface area contributed by atoms with Gasteiger partial charge in [-0.15, -0.1) is 10.2 Å². The maximum atomic E-state index is 12.6. The van der Waals surface area contributed by atoms with E-state index in [4.69, 9.17) is 0 Å². The third kappa shape index (κ3) is 3.70. The van der Waals surface area contributed by atoms with Crippen molar-refractivity contribution in [3.05, 3.63) is 24.3 Å². The van der Waals surface area contributed by atoms with E-state index in [1.165, 1.54) is 32.1 Å². The van der Waals surface area contributed by atoms with Gasteiger partial charge in [-0.05, 0) is 37.2 Å². The molecule has 0 spiro atoms. The molecule has 2 aliphatic carbocycles. The molecule has 0 aromatic carbocycles. The predicted molar refractivity (Wildman–Crippen MR) is 116 cm³/mol. The minimum atomic E-state index is 0.226. The van der Waals surface area contributed by atoms with Crippen LogP contribution in [0.5, 0.6) is 0 Å². The Morgan fingerprint density at radius 1 is 1.23 bits per heavy atom. The molecule has 2 aliphatic rings. The van der Waals surface area contributed by atoms with E-state index in [9.17, 15) is 4.79 Å². The van der Waals surface area contributed by atoms with Crippen LogP contribution >= 0.6 is 0 Å². The van der Waals surface area contributed by atoms with Crippen LogP contribution in [-0.4, -0.2) is 36.5 Å². The van der Waals surface area contributed by atoms with Crippen molar-refractivity contribution in [3.63, 3.8) is 0 Å². The average molecular weight is 409 g/mol. The summed E-state index contributed by atoms with van der Waals surface area (Å²) >= 11 is 0. The van der Waals surface area contributed by atoms with E-state index in [0.717, 1.165) is 54.2 Å². The molecular formula is C23H32N6O. The Balaban J connectivity index is 1.28. The summed E-state index contributed by atoms with van der Waals surface area (Å²) in [5, 5.41) is 12.3.